The first-order chi connectivity index (χ1) is 14.0. The Morgan fingerprint density at radius 2 is 2.14 bits per heavy atom. The minimum atomic E-state index is -0.154. The maximum atomic E-state index is 13.5. The van der Waals surface area contributed by atoms with Gasteiger partial charge in [-0.1, -0.05) is 17.4 Å². The second-order valence-electron chi connectivity index (χ2n) is 7.10. The van der Waals surface area contributed by atoms with Crippen LogP contribution in [-0.4, -0.2) is 72.1 Å². The fraction of sp³-hybridized carbons (Fsp3) is 0.450. The Labute approximate surface area is 173 Å². The van der Waals surface area contributed by atoms with Crippen molar-refractivity contribution in [1.29, 1.82) is 0 Å². The lowest BCUT2D eigenvalue weighted by Crippen LogP contribution is -2.43. The summed E-state index contributed by atoms with van der Waals surface area (Å²) in [4.78, 5) is 22.3. The fourth-order valence-electron chi connectivity index (χ4n) is 3.40. The molecule has 0 aliphatic carbocycles. The predicted octanol–water partition coefficient (Wildman–Crippen LogP) is 2.33. The molecule has 0 N–H and O–H groups in total. The van der Waals surface area contributed by atoms with Gasteiger partial charge in [-0.15, -0.1) is 5.10 Å². The smallest absolute Gasteiger partial charge is 0.267 e. The Kier molecular flexibility index (Phi) is 5.79. The topological polar surface area (TPSA) is 72.7 Å². The number of carbonyl (C=O) groups is 1. The molecule has 8 nitrogen and oxygen atoms in total. The summed E-state index contributed by atoms with van der Waals surface area (Å²) in [5.74, 6) is 0.171. The van der Waals surface area contributed by atoms with Crippen molar-refractivity contribution >= 4 is 32.6 Å². The predicted molar refractivity (Wildman–Crippen MR) is 113 cm³/mol. The highest BCUT2D eigenvalue weighted by atomic mass is 32.1. The van der Waals surface area contributed by atoms with Crippen LogP contribution >= 0.6 is 11.3 Å². The molecule has 1 fully saturated rings. The van der Waals surface area contributed by atoms with Crippen molar-refractivity contribution in [3.63, 3.8) is 0 Å². The first-order valence-corrected chi connectivity index (χ1v) is 10.4. The van der Waals surface area contributed by atoms with Crippen molar-refractivity contribution in [2.45, 2.75) is 6.92 Å². The third-order valence-corrected chi connectivity index (χ3v) is 6.01. The monoisotopic (exact) mass is 415 g/mol. The second-order valence-corrected chi connectivity index (χ2v) is 8.11. The van der Waals surface area contributed by atoms with Crippen molar-refractivity contribution in [2.75, 3.05) is 51.4 Å². The van der Waals surface area contributed by atoms with Gasteiger partial charge in [0, 0.05) is 39.4 Å². The molecule has 9 heteroatoms. The summed E-state index contributed by atoms with van der Waals surface area (Å²) in [5.41, 5.74) is 2.51. The average Bonchev–Trinajstić information content (AvgIpc) is 3.31. The van der Waals surface area contributed by atoms with Crippen LogP contribution in [0, 0.1) is 6.92 Å². The zero-order valence-corrected chi connectivity index (χ0v) is 17.7. The number of aromatic nitrogens is 3. The third-order valence-electron chi connectivity index (χ3n) is 4.97. The lowest BCUT2D eigenvalue weighted by molar-refractivity contribution is 0.0391. The van der Waals surface area contributed by atoms with Crippen molar-refractivity contribution in [3.8, 4) is 5.88 Å². The Hall–Kier alpha value is -2.49. The highest BCUT2D eigenvalue weighted by Gasteiger charge is 2.27. The Morgan fingerprint density at radius 1 is 1.34 bits per heavy atom. The standard InChI is InChI=1S/C20H25N5O3S/c1-14-4-5-16-17(12-14)29-20(21-16)25(7-6-24-8-10-28-11-9-24)19(26)15-13-23(2)22-18(15)27-3/h4-5,12-13H,6-11H2,1-3H3. The molecule has 0 spiro atoms. The van der Waals surface area contributed by atoms with Gasteiger partial charge in [-0.25, -0.2) is 4.98 Å². The number of morpholine rings is 1. The first-order valence-electron chi connectivity index (χ1n) is 9.62. The number of amides is 1. The molecule has 0 saturated carbocycles. The van der Waals surface area contributed by atoms with Crippen LogP contribution in [0.15, 0.2) is 24.4 Å². The van der Waals surface area contributed by atoms with Gasteiger partial charge < -0.3 is 9.47 Å². The van der Waals surface area contributed by atoms with E-state index < -0.39 is 0 Å². The van der Waals surface area contributed by atoms with Gasteiger partial charge >= 0.3 is 0 Å². The lowest BCUT2D eigenvalue weighted by Gasteiger charge is -2.29. The van der Waals surface area contributed by atoms with E-state index in [9.17, 15) is 4.79 Å². The number of benzene rings is 1. The summed E-state index contributed by atoms with van der Waals surface area (Å²) in [7, 11) is 3.30. The number of carbonyl (C=O) groups excluding carboxylic acids is 1. The van der Waals surface area contributed by atoms with Gasteiger partial charge in [-0.3, -0.25) is 19.3 Å². The normalized spacial score (nSPS) is 15.0. The molecule has 4 rings (SSSR count). The molecule has 29 heavy (non-hydrogen) atoms. The van der Waals surface area contributed by atoms with Gasteiger partial charge in [0.25, 0.3) is 5.91 Å². The second kappa shape index (κ2) is 8.48. The third kappa shape index (κ3) is 4.26. The van der Waals surface area contributed by atoms with Crippen molar-refractivity contribution in [2.24, 2.45) is 7.05 Å². The number of rotatable bonds is 6. The van der Waals surface area contributed by atoms with Crippen LogP contribution in [0.25, 0.3) is 10.2 Å². The molecule has 2 aromatic heterocycles. The Morgan fingerprint density at radius 3 is 2.90 bits per heavy atom. The fourth-order valence-corrected chi connectivity index (χ4v) is 4.48. The summed E-state index contributed by atoms with van der Waals surface area (Å²) in [6.45, 7) is 6.55. The van der Waals surface area contributed by atoms with Crippen LogP contribution in [-0.2, 0) is 11.8 Å². The molecule has 1 aliphatic heterocycles. The highest BCUT2D eigenvalue weighted by Crippen LogP contribution is 2.31. The molecule has 1 amide bonds. The van der Waals surface area contributed by atoms with E-state index in [0.717, 1.165) is 43.1 Å². The van der Waals surface area contributed by atoms with Crippen LogP contribution in [0.1, 0.15) is 15.9 Å². The van der Waals surface area contributed by atoms with E-state index in [2.05, 4.69) is 23.0 Å². The number of anilines is 1. The maximum absolute atomic E-state index is 13.5. The zero-order chi connectivity index (χ0) is 20.4. The number of fused-ring (bicyclic) bond motifs is 1. The number of nitrogens with zero attached hydrogens (tertiary/aromatic N) is 5. The van der Waals surface area contributed by atoms with E-state index in [1.54, 1.807) is 22.8 Å². The summed E-state index contributed by atoms with van der Waals surface area (Å²) in [6.07, 6.45) is 1.69. The lowest BCUT2D eigenvalue weighted by atomic mass is 10.2. The summed E-state index contributed by atoms with van der Waals surface area (Å²) in [6, 6.07) is 6.14. The largest absolute Gasteiger partial charge is 0.479 e. The maximum Gasteiger partial charge on any atom is 0.267 e. The van der Waals surface area contributed by atoms with Crippen LogP contribution < -0.4 is 9.64 Å². The van der Waals surface area contributed by atoms with Crippen LogP contribution in [0.5, 0.6) is 5.88 Å². The molecule has 3 heterocycles. The number of hydrogen-bond donors (Lipinski definition) is 0. The highest BCUT2D eigenvalue weighted by molar-refractivity contribution is 7.22. The SMILES string of the molecule is COc1nn(C)cc1C(=O)N(CCN1CCOCC1)c1nc2ccc(C)cc2s1. The van der Waals surface area contributed by atoms with Gasteiger partial charge in [0.05, 0.1) is 30.5 Å². The summed E-state index contributed by atoms with van der Waals surface area (Å²) in [5, 5.41) is 4.92. The molecule has 1 saturated heterocycles. The minimum absolute atomic E-state index is 0.154. The van der Waals surface area contributed by atoms with Crippen molar-refractivity contribution in [1.82, 2.24) is 19.7 Å². The van der Waals surface area contributed by atoms with Gasteiger partial charge in [0.15, 0.2) is 5.13 Å². The molecular weight excluding hydrogens is 390 g/mol. The number of thiazole rings is 1. The molecule has 0 unspecified atom stereocenters. The number of methoxy groups -OCH3 is 1. The molecule has 154 valence electrons. The molecular formula is C20H25N5O3S. The summed E-state index contributed by atoms with van der Waals surface area (Å²) >= 11 is 1.53. The Bertz CT molecular complexity index is 1010. The average molecular weight is 416 g/mol. The molecule has 1 aromatic carbocycles. The zero-order valence-electron chi connectivity index (χ0n) is 16.9. The van der Waals surface area contributed by atoms with E-state index >= 15 is 0 Å². The van der Waals surface area contributed by atoms with E-state index in [1.165, 1.54) is 24.0 Å². The van der Waals surface area contributed by atoms with E-state index in [1.807, 2.05) is 12.1 Å². The summed E-state index contributed by atoms with van der Waals surface area (Å²) < 4.78 is 13.4. The molecule has 1 aliphatic rings. The number of aryl methyl sites for hydroxylation is 2. The van der Waals surface area contributed by atoms with Gasteiger partial charge in [-0.2, -0.15) is 0 Å². The Balaban J connectivity index is 1.66. The molecule has 0 bridgehead atoms. The van der Waals surface area contributed by atoms with E-state index in [4.69, 9.17) is 14.5 Å². The van der Waals surface area contributed by atoms with E-state index in [-0.39, 0.29) is 5.91 Å². The number of ether oxygens (including phenoxy) is 2. The van der Waals surface area contributed by atoms with Gasteiger partial charge in [0.1, 0.15) is 5.56 Å². The quantitative estimate of drug-likeness (QED) is 0.615. The van der Waals surface area contributed by atoms with Crippen molar-refractivity contribution < 1.29 is 14.3 Å². The van der Waals surface area contributed by atoms with Crippen LogP contribution in [0.2, 0.25) is 0 Å². The van der Waals surface area contributed by atoms with Gasteiger partial charge in [0.2, 0.25) is 5.88 Å². The van der Waals surface area contributed by atoms with Gasteiger partial charge in [-0.05, 0) is 24.6 Å². The number of hydrogen-bond acceptors (Lipinski definition) is 7. The minimum Gasteiger partial charge on any atom is -0.479 e. The molecule has 0 radical (unpaired) electrons. The van der Waals surface area contributed by atoms with Crippen LogP contribution in [0.3, 0.4) is 0 Å². The van der Waals surface area contributed by atoms with Crippen molar-refractivity contribution in [3.05, 3.63) is 35.5 Å². The van der Waals surface area contributed by atoms with Crippen LogP contribution in [0.4, 0.5) is 5.13 Å². The molecule has 3 aromatic rings. The molecule has 0 atom stereocenters. The first kappa shape index (κ1) is 19.8. The van der Waals surface area contributed by atoms with E-state index in [0.29, 0.717) is 23.1 Å².